The molecule has 0 bridgehead atoms. The zero-order valence-electron chi connectivity index (χ0n) is 13.3. The second-order valence-corrected chi connectivity index (χ2v) is 12.5. The predicted molar refractivity (Wildman–Crippen MR) is 85.5 cm³/mol. The summed E-state index contributed by atoms with van der Waals surface area (Å²) in [6.45, 7) is 8.16. The van der Waals surface area contributed by atoms with Crippen LogP contribution in [-0.2, 0) is 11.5 Å². The molecule has 2 aromatic heterocycles. The number of hydrogen-bond donors (Lipinski definition) is 0. The maximum absolute atomic E-state index is 6.12. The summed E-state index contributed by atoms with van der Waals surface area (Å²) in [4.78, 5) is 4.12. The number of rotatable bonds is 5. The summed E-state index contributed by atoms with van der Waals surface area (Å²) >= 11 is 9.56. The standard InChI is InChI=1S/C12H17BrClN3OSi.Na.H/c1-19(2,3)5-4-18-8-17-11-9(6-16-17)10(13)7-15-12(11)14;;/h6-7H,4-5,8H2,1-3H3;;/q;+1;-1. The van der Waals surface area contributed by atoms with Gasteiger partial charge in [-0.05, 0) is 22.0 Å². The second-order valence-electron chi connectivity index (χ2n) is 5.65. The van der Waals surface area contributed by atoms with Crippen molar-refractivity contribution in [2.24, 2.45) is 0 Å². The van der Waals surface area contributed by atoms with E-state index in [1.807, 2.05) is 0 Å². The molecule has 0 radical (unpaired) electrons. The molecular weight excluding hydrogens is 369 g/mol. The van der Waals surface area contributed by atoms with Gasteiger partial charge in [-0.1, -0.05) is 31.2 Å². The molecule has 0 saturated heterocycles. The molecule has 2 rings (SSSR count). The first-order valence-corrected chi connectivity index (χ1v) is 11.0. The number of aromatic nitrogens is 3. The van der Waals surface area contributed by atoms with E-state index in [4.69, 9.17) is 16.3 Å². The van der Waals surface area contributed by atoms with Crippen molar-refractivity contribution in [2.75, 3.05) is 6.61 Å². The first kappa shape index (κ1) is 18.6. The van der Waals surface area contributed by atoms with Gasteiger partial charge in [0.2, 0.25) is 0 Å². The van der Waals surface area contributed by atoms with Crippen LogP contribution in [0.25, 0.3) is 10.9 Å². The summed E-state index contributed by atoms with van der Waals surface area (Å²) in [7, 11) is -1.05. The second kappa shape index (κ2) is 7.72. The number of halogens is 2. The number of pyridine rings is 1. The maximum atomic E-state index is 6.12. The third-order valence-corrected chi connectivity index (χ3v) is 5.41. The average Bonchev–Trinajstić information content (AvgIpc) is 2.73. The van der Waals surface area contributed by atoms with Crippen LogP contribution < -0.4 is 29.6 Å². The fraction of sp³-hybridized carbons (Fsp3) is 0.500. The van der Waals surface area contributed by atoms with Crippen molar-refractivity contribution in [3.63, 3.8) is 0 Å². The molecule has 106 valence electrons. The molecule has 0 aliphatic carbocycles. The zero-order valence-corrected chi connectivity index (χ0v) is 17.6. The molecular formula is C12H18BrClN3NaOSi. The first-order chi connectivity index (χ1) is 8.88. The Kier molecular flexibility index (Phi) is 7.18. The Morgan fingerprint density at radius 3 is 2.75 bits per heavy atom. The van der Waals surface area contributed by atoms with Crippen molar-refractivity contribution >= 4 is 46.5 Å². The minimum absolute atomic E-state index is 0. The van der Waals surface area contributed by atoms with Crippen LogP contribution in [0.3, 0.4) is 0 Å². The van der Waals surface area contributed by atoms with E-state index in [1.165, 1.54) is 0 Å². The monoisotopic (exact) mass is 385 g/mol. The summed E-state index contributed by atoms with van der Waals surface area (Å²) in [5.74, 6) is 0. The van der Waals surface area contributed by atoms with Crippen LogP contribution in [0.1, 0.15) is 1.43 Å². The fourth-order valence-electron chi connectivity index (χ4n) is 1.65. The molecule has 2 heterocycles. The Bertz CT molecular complexity index is 594. The maximum Gasteiger partial charge on any atom is 1.00 e. The van der Waals surface area contributed by atoms with Gasteiger partial charge in [-0.25, -0.2) is 9.67 Å². The van der Waals surface area contributed by atoms with Crippen molar-refractivity contribution in [3.05, 3.63) is 22.0 Å². The zero-order chi connectivity index (χ0) is 14.0. The molecule has 0 unspecified atom stereocenters. The van der Waals surface area contributed by atoms with Crippen LogP contribution in [0.15, 0.2) is 16.9 Å². The third kappa shape index (κ3) is 4.80. The van der Waals surface area contributed by atoms with Gasteiger partial charge in [-0.2, -0.15) is 5.10 Å². The topological polar surface area (TPSA) is 39.9 Å². The van der Waals surface area contributed by atoms with E-state index in [1.54, 1.807) is 17.1 Å². The molecule has 4 nitrogen and oxygen atoms in total. The van der Waals surface area contributed by atoms with E-state index < -0.39 is 8.07 Å². The average molecular weight is 387 g/mol. The van der Waals surface area contributed by atoms with Crippen LogP contribution >= 0.6 is 27.5 Å². The van der Waals surface area contributed by atoms with Gasteiger partial charge in [-0.3, -0.25) is 0 Å². The molecule has 0 saturated carbocycles. The molecule has 20 heavy (non-hydrogen) atoms. The van der Waals surface area contributed by atoms with Crippen molar-refractivity contribution < 1.29 is 35.7 Å². The normalized spacial score (nSPS) is 11.7. The molecule has 0 aliphatic heterocycles. The van der Waals surface area contributed by atoms with Gasteiger partial charge < -0.3 is 6.16 Å². The minimum Gasteiger partial charge on any atom is -1.00 e. The molecule has 0 N–H and O–H groups in total. The quantitative estimate of drug-likeness (QED) is 0.441. The third-order valence-electron chi connectivity index (χ3n) is 2.79. The Hall–Kier alpha value is 0.567. The Morgan fingerprint density at radius 1 is 1.40 bits per heavy atom. The largest absolute Gasteiger partial charge is 1.00 e. The van der Waals surface area contributed by atoms with Gasteiger partial charge in [0.1, 0.15) is 12.2 Å². The van der Waals surface area contributed by atoms with Crippen molar-refractivity contribution in [2.45, 2.75) is 32.4 Å². The first-order valence-electron chi connectivity index (χ1n) is 6.12. The van der Waals surface area contributed by atoms with Gasteiger partial charge in [0.15, 0.2) is 5.15 Å². The van der Waals surface area contributed by atoms with E-state index in [0.29, 0.717) is 11.9 Å². The van der Waals surface area contributed by atoms with Gasteiger partial charge in [-0.15, -0.1) is 0 Å². The summed E-state index contributed by atoms with van der Waals surface area (Å²) in [5.41, 5.74) is 0.809. The molecule has 0 spiro atoms. The smallest absolute Gasteiger partial charge is 1.00 e. The summed E-state index contributed by atoms with van der Waals surface area (Å²) < 4.78 is 8.33. The number of fused-ring (bicyclic) bond motifs is 1. The van der Waals surface area contributed by atoms with E-state index >= 15 is 0 Å². The van der Waals surface area contributed by atoms with Crippen LogP contribution in [-0.4, -0.2) is 29.4 Å². The Morgan fingerprint density at radius 2 is 2.10 bits per heavy atom. The van der Waals surface area contributed by atoms with Crippen molar-refractivity contribution in [1.82, 2.24) is 14.8 Å². The molecule has 8 heteroatoms. The molecule has 0 aromatic carbocycles. The van der Waals surface area contributed by atoms with Crippen LogP contribution in [0.4, 0.5) is 0 Å². The molecule has 0 aliphatic rings. The molecule has 0 atom stereocenters. The molecule has 0 fully saturated rings. The van der Waals surface area contributed by atoms with E-state index in [0.717, 1.165) is 28.0 Å². The molecule has 0 amide bonds. The van der Waals surface area contributed by atoms with Crippen LogP contribution in [0, 0.1) is 0 Å². The van der Waals surface area contributed by atoms with Gasteiger partial charge in [0.05, 0.1) is 6.20 Å². The summed E-state index contributed by atoms with van der Waals surface area (Å²) in [6.07, 6.45) is 3.46. The predicted octanol–water partition coefficient (Wildman–Crippen LogP) is 1.28. The van der Waals surface area contributed by atoms with E-state index in [-0.39, 0.29) is 31.0 Å². The summed E-state index contributed by atoms with van der Waals surface area (Å²) in [5, 5.41) is 5.70. The number of nitrogens with zero attached hydrogens (tertiary/aromatic N) is 3. The summed E-state index contributed by atoms with van der Waals surface area (Å²) in [6, 6.07) is 1.14. The van der Waals surface area contributed by atoms with E-state index in [9.17, 15) is 0 Å². The van der Waals surface area contributed by atoms with Gasteiger partial charge in [0, 0.05) is 30.7 Å². The number of hydrogen-bond acceptors (Lipinski definition) is 3. The molecule has 2 aromatic rings. The fourth-order valence-corrected chi connectivity index (χ4v) is 3.05. The van der Waals surface area contributed by atoms with Gasteiger partial charge >= 0.3 is 29.6 Å². The van der Waals surface area contributed by atoms with Gasteiger partial charge in [0.25, 0.3) is 0 Å². The van der Waals surface area contributed by atoms with Crippen molar-refractivity contribution in [3.8, 4) is 0 Å². The van der Waals surface area contributed by atoms with Crippen molar-refractivity contribution in [1.29, 1.82) is 0 Å². The SMILES string of the molecule is C[Si](C)(C)CCOCn1ncc2c(Br)cnc(Cl)c21.[H-].[Na+]. The Labute approximate surface area is 157 Å². The van der Waals surface area contributed by atoms with Crippen LogP contribution in [0.5, 0.6) is 0 Å². The number of ether oxygens (including phenoxy) is 1. The minimum atomic E-state index is -1.05. The van der Waals surface area contributed by atoms with Crippen LogP contribution in [0.2, 0.25) is 30.8 Å². The Balaban J connectivity index is 0.00000200. The van der Waals surface area contributed by atoms with E-state index in [2.05, 4.69) is 45.7 Å².